The summed E-state index contributed by atoms with van der Waals surface area (Å²) in [5.74, 6) is 0. The van der Waals surface area contributed by atoms with Gasteiger partial charge in [-0.1, -0.05) is 16.4 Å². The minimum absolute atomic E-state index is 0.222. The van der Waals surface area contributed by atoms with Gasteiger partial charge in [-0.05, 0) is 0 Å². The normalized spacial score (nSPS) is 8.50. The molecular weight excluding hydrogens is 128 g/mol. The quantitative estimate of drug-likeness (QED) is 0.563. The van der Waals surface area contributed by atoms with Gasteiger partial charge in [-0.25, -0.2) is 4.79 Å². The van der Waals surface area contributed by atoms with Crippen molar-refractivity contribution >= 4 is 17.8 Å². The number of rotatable bonds is 2. The van der Waals surface area contributed by atoms with E-state index in [1.165, 1.54) is 12.0 Å². The lowest BCUT2D eigenvalue weighted by molar-refractivity contribution is 0.438. The predicted octanol–water partition coefficient (Wildman–Crippen LogP) is -0.0159. The van der Waals surface area contributed by atoms with E-state index < -0.39 is 0 Å². The molecule has 0 bridgehead atoms. The van der Waals surface area contributed by atoms with Crippen molar-refractivity contribution in [1.29, 1.82) is 0 Å². The maximum Gasteiger partial charge on any atom is 0.425 e. The van der Waals surface area contributed by atoms with Crippen LogP contribution in [0.4, 0.5) is 0 Å². The lowest BCUT2D eigenvalue weighted by Gasteiger charge is -1.78. The predicted molar refractivity (Wildman–Crippen MR) is 26.2 cm³/mol. The van der Waals surface area contributed by atoms with Crippen molar-refractivity contribution < 1.29 is 9.53 Å². The molecule has 8 heavy (non-hydrogen) atoms. The van der Waals surface area contributed by atoms with Crippen molar-refractivity contribution in [3.05, 3.63) is 5.51 Å². The zero-order valence-electron chi connectivity index (χ0n) is 3.70. The van der Waals surface area contributed by atoms with Crippen molar-refractivity contribution in [3.63, 3.8) is 0 Å². The Balaban J connectivity index is 2.62. The molecule has 1 rings (SSSR count). The number of ether oxygens (including phenoxy) is 1. The molecule has 0 aliphatic carbocycles. The van der Waals surface area contributed by atoms with Gasteiger partial charge in [0.15, 0.2) is 0 Å². The van der Waals surface area contributed by atoms with Crippen LogP contribution >= 0.6 is 11.3 Å². The molecule has 0 amide bonds. The number of aromatic nitrogens is 2. The molecular formula is C3HN2O2S. The second-order valence-corrected chi connectivity index (χ2v) is 1.69. The maximum atomic E-state index is 9.46. The van der Waals surface area contributed by atoms with E-state index in [0.29, 0.717) is 0 Å². The largest absolute Gasteiger partial charge is 0.425 e. The van der Waals surface area contributed by atoms with Gasteiger partial charge in [0.25, 0.3) is 0 Å². The highest BCUT2D eigenvalue weighted by Crippen LogP contribution is 2.08. The average Bonchev–Trinajstić information content (AvgIpc) is 2.19. The molecule has 0 atom stereocenters. The Labute approximate surface area is 49.1 Å². The van der Waals surface area contributed by atoms with E-state index in [4.69, 9.17) is 0 Å². The van der Waals surface area contributed by atoms with E-state index in [1.807, 2.05) is 0 Å². The van der Waals surface area contributed by atoms with Crippen molar-refractivity contribution in [1.82, 2.24) is 10.2 Å². The topological polar surface area (TPSA) is 52.1 Å². The minimum atomic E-state index is 0.222. The molecule has 0 aromatic carbocycles. The van der Waals surface area contributed by atoms with E-state index in [9.17, 15) is 4.79 Å². The minimum Gasteiger partial charge on any atom is -0.388 e. The smallest absolute Gasteiger partial charge is 0.388 e. The first-order valence-electron chi connectivity index (χ1n) is 1.73. The Morgan fingerprint density at radius 3 is 3.25 bits per heavy atom. The van der Waals surface area contributed by atoms with E-state index in [0.717, 1.165) is 11.3 Å². The second-order valence-electron chi connectivity index (χ2n) is 0.890. The summed E-state index contributed by atoms with van der Waals surface area (Å²) < 4.78 is 4.19. The summed E-state index contributed by atoms with van der Waals surface area (Å²) in [7, 11) is 0. The fraction of sp³-hybridized carbons (Fsp3) is 0. The summed E-state index contributed by atoms with van der Waals surface area (Å²) >= 11 is 1.14. The van der Waals surface area contributed by atoms with Crippen LogP contribution < -0.4 is 4.74 Å². The molecule has 0 aliphatic heterocycles. The Hall–Kier alpha value is -0.970. The van der Waals surface area contributed by atoms with Gasteiger partial charge in [0, 0.05) is 0 Å². The van der Waals surface area contributed by atoms with Crippen LogP contribution in [-0.4, -0.2) is 16.7 Å². The van der Waals surface area contributed by atoms with Gasteiger partial charge in [0.05, 0.1) is 0 Å². The van der Waals surface area contributed by atoms with E-state index in [-0.39, 0.29) is 5.19 Å². The van der Waals surface area contributed by atoms with Crippen LogP contribution in [0, 0.1) is 0 Å². The number of hydrogen-bond acceptors (Lipinski definition) is 5. The maximum absolute atomic E-state index is 9.46. The number of hydrogen-bond donors (Lipinski definition) is 0. The summed E-state index contributed by atoms with van der Waals surface area (Å²) in [5, 5.41) is 7.02. The van der Waals surface area contributed by atoms with Gasteiger partial charge in [-0.2, -0.15) is 0 Å². The summed E-state index contributed by atoms with van der Waals surface area (Å²) in [6, 6.07) is 0. The fourth-order valence-electron chi connectivity index (χ4n) is 0.243. The highest BCUT2D eigenvalue weighted by Gasteiger charge is 1.92. The standard InChI is InChI=1S/C3HN2O2S/c6-2-7-3-5-4-1-8-3/h1H. The summed E-state index contributed by atoms with van der Waals surface area (Å²) in [4.78, 5) is 9.46. The molecule has 1 aromatic heterocycles. The molecule has 0 spiro atoms. The zero-order valence-corrected chi connectivity index (χ0v) is 4.51. The van der Waals surface area contributed by atoms with Crippen LogP contribution in [0.5, 0.6) is 5.19 Å². The van der Waals surface area contributed by atoms with E-state index >= 15 is 0 Å². The van der Waals surface area contributed by atoms with Gasteiger partial charge in [0.1, 0.15) is 5.51 Å². The van der Waals surface area contributed by atoms with Crippen LogP contribution in [0.1, 0.15) is 0 Å². The molecule has 0 fully saturated rings. The third-order valence-corrected chi connectivity index (χ3v) is 1.04. The Morgan fingerprint density at radius 2 is 2.75 bits per heavy atom. The van der Waals surface area contributed by atoms with E-state index in [2.05, 4.69) is 14.9 Å². The summed E-state index contributed by atoms with van der Waals surface area (Å²) in [5.41, 5.74) is 1.46. The van der Waals surface area contributed by atoms with Crippen LogP contribution in [0.3, 0.4) is 0 Å². The van der Waals surface area contributed by atoms with Crippen molar-refractivity contribution in [3.8, 4) is 5.19 Å². The first kappa shape index (κ1) is 5.17. The van der Waals surface area contributed by atoms with Crippen molar-refractivity contribution in [2.24, 2.45) is 0 Å². The van der Waals surface area contributed by atoms with Gasteiger partial charge < -0.3 is 4.74 Å². The van der Waals surface area contributed by atoms with E-state index in [1.54, 1.807) is 0 Å². The first-order valence-corrected chi connectivity index (χ1v) is 2.61. The van der Waals surface area contributed by atoms with Crippen LogP contribution in [0.2, 0.25) is 0 Å². The van der Waals surface area contributed by atoms with Crippen LogP contribution in [-0.2, 0) is 4.79 Å². The van der Waals surface area contributed by atoms with Gasteiger partial charge in [-0.3, -0.25) is 0 Å². The lowest BCUT2D eigenvalue weighted by Crippen LogP contribution is -1.85. The molecule has 0 unspecified atom stereocenters. The highest BCUT2D eigenvalue weighted by atomic mass is 32.1. The molecule has 1 aromatic rings. The molecule has 0 saturated heterocycles. The average molecular weight is 129 g/mol. The molecule has 5 heteroatoms. The zero-order chi connectivity index (χ0) is 5.82. The molecule has 1 radical (unpaired) electrons. The SMILES string of the molecule is O=[C]Oc1nncs1. The molecule has 1 heterocycles. The monoisotopic (exact) mass is 129 g/mol. The molecule has 0 aliphatic rings. The lowest BCUT2D eigenvalue weighted by atomic mass is 11.3. The third kappa shape index (κ3) is 1.00. The molecule has 41 valence electrons. The molecule has 0 N–H and O–H groups in total. The highest BCUT2D eigenvalue weighted by molar-refractivity contribution is 7.11. The molecule has 0 saturated carbocycles. The molecule has 4 nitrogen and oxygen atoms in total. The van der Waals surface area contributed by atoms with Gasteiger partial charge in [0.2, 0.25) is 0 Å². The summed E-state index contributed by atoms with van der Waals surface area (Å²) in [6.07, 6.45) is 0. The second kappa shape index (κ2) is 2.37. The number of nitrogens with zero attached hydrogens (tertiary/aromatic N) is 2. The Kier molecular flexibility index (Phi) is 1.53. The van der Waals surface area contributed by atoms with Crippen molar-refractivity contribution in [2.75, 3.05) is 0 Å². The first-order chi connectivity index (χ1) is 3.93. The Morgan fingerprint density at radius 1 is 1.88 bits per heavy atom. The van der Waals surface area contributed by atoms with Crippen molar-refractivity contribution in [2.45, 2.75) is 0 Å². The van der Waals surface area contributed by atoms with Gasteiger partial charge in [-0.15, -0.1) is 5.10 Å². The van der Waals surface area contributed by atoms with Crippen LogP contribution in [0.25, 0.3) is 0 Å². The fourth-order valence-corrected chi connectivity index (χ4v) is 0.604. The third-order valence-electron chi connectivity index (χ3n) is 0.469. The Bertz CT molecular complexity index is 162. The van der Waals surface area contributed by atoms with Crippen LogP contribution in [0.15, 0.2) is 5.51 Å². The summed E-state index contributed by atoms with van der Waals surface area (Å²) in [6.45, 7) is 1.23. The number of carbonyl (C=O) groups excluding carboxylic acids is 1. The van der Waals surface area contributed by atoms with Gasteiger partial charge >= 0.3 is 11.7 Å².